The Balaban J connectivity index is 1.55. The number of hydrogen-bond donors (Lipinski definition) is 0. The highest BCUT2D eigenvalue weighted by Gasteiger charge is 2.24. The van der Waals surface area contributed by atoms with Crippen LogP contribution in [-0.4, -0.2) is 39.2 Å². The third kappa shape index (κ3) is 2.27. The fourth-order valence-corrected chi connectivity index (χ4v) is 4.06. The van der Waals surface area contributed by atoms with E-state index in [9.17, 15) is 9.59 Å². The Morgan fingerprint density at radius 2 is 1.73 bits per heavy atom. The van der Waals surface area contributed by atoms with E-state index < -0.39 is 0 Å². The average Bonchev–Trinajstić information content (AvgIpc) is 3.33. The van der Waals surface area contributed by atoms with Gasteiger partial charge in [-0.3, -0.25) is 9.59 Å². The molecule has 26 heavy (non-hydrogen) atoms. The van der Waals surface area contributed by atoms with Crippen LogP contribution in [0.1, 0.15) is 40.0 Å². The van der Waals surface area contributed by atoms with Crippen molar-refractivity contribution in [3.63, 3.8) is 0 Å². The van der Waals surface area contributed by atoms with Crippen LogP contribution < -0.4 is 0 Å². The molecule has 1 fully saturated rings. The Morgan fingerprint density at radius 1 is 0.962 bits per heavy atom. The highest BCUT2D eigenvalue weighted by atomic mass is 16.2. The molecule has 130 valence electrons. The van der Waals surface area contributed by atoms with Gasteiger partial charge in [0.2, 0.25) is 0 Å². The third-order valence-electron chi connectivity index (χ3n) is 5.41. The molecule has 2 aromatic carbocycles. The summed E-state index contributed by atoms with van der Waals surface area (Å²) >= 11 is 0. The quantitative estimate of drug-likeness (QED) is 0.714. The average molecular weight is 345 g/mol. The van der Waals surface area contributed by atoms with E-state index in [0.717, 1.165) is 59.5 Å². The van der Waals surface area contributed by atoms with Crippen molar-refractivity contribution in [2.75, 3.05) is 13.1 Å². The number of nitrogens with zero attached hydrogens (tertiary/aromatic N) is 3. The first-order valence-electron chi connectivity index (χ1n) is 9.14. The van der Waals surface area contributed by atoms with Crippen molar-refractivity contribution in [1.29, 1.82) is 0 Å². The van der Waals surface area contributed by atoms with Gasteiger partial charge in [0.1, 0.15) is 5.82 Å². The van der Waals surface area contributed by atoms with E-state index in [1.165, 1.54) is 0 Å². The van der Waals surface area contributed by atoms with Crippen LogP contribution >= 0.6 is 0 Å². The third-order valence-corrected chi connectivity index (χ3v) is 5.41. The molecule has 2 aliphatic rings. The van der Waals surface area contributed by atoms with E-state index in [1.54, 1.807) is 0 Å². The molecule has 1 amide bonds. The molecule has 5 rings (SSSR count). The smallest absolute Gasteiger partial charge is 0.253 e. The van der Waals surface area contributed by atoms with Crippen molar-refractivity contribution in [2.45, 2.75) is 25.8 Å². The molecule has 0 N–H and O–H groups in total. The second-order valence-corrected chi connectivity index (χ2v) is 7.01. The molecule has 0 aliphatic carbocycles. The molecule has 1 saturated heterocycles. The molecular weight excluding hydrogens is 326 g/mol. The lowest BCUT2D eigenvalue weighted by molar-refractivity contribution is 0.0792. The van der Waals surface area contributed by atoms with Crippen LogP contribution in [0.3, 0.4) is 0 Å². The number of para-hydroxylation sites is 1. The lowest BCUT2D eigenvalue weighted by Gasteiger charge is -2.17. The van der Waals surface area contributed by atoms with Gasteiger partial charge < -0.3 is 9.47 Å². The molecule has 2 aliphatic heterocycles. The minimum Gasteiger partial charge on any atom is -0.339 e. The van der Waals surface area contributed by atoms with E-state index in [1.807, 2.05) is 47.4 Å². The Labute approximate surface area is 151 Å². The highest BCUT2D eigenvalue weighted by Crippen LogP contribution is 2.31. The fraction of sp³-hybridized carbons (Fsp3) is 0.286. The van der Waals surface area contributed by atoms with Gasteiger partial charge in [0.05, 0.1) is 11.0 Å². The first kappa shape index (κ1) is 15.3. The van der Waals surface area contributed by atoms with Crippen molar-refractivity contribution >= 4 is 22.7 Å². The number of rotatable bonds is 2. The normalized spacial score (nSPS) is 16.5. The van der Waals surface area contributed by atoms with Crippen molar-refractivity contribution < 1.29 is 9.59 Å². The van der Waals surface area contributed by atoms with Gasteiger partial charge in [-0.2, -0.15) is 0 Å². The Hall–Kier alpha value is -2.95. The number of ketones is 1. The predicted molar refractivity (Wildman–Crippen MR) is 99.3 cm³/mol. The summed E-state index contributed by atoms with van der Waals surface area (Å²) in [4.78, 5) is 31.4. The minimum absolute atomic E-state index is 0.108. The number of imidazole rings is 1. The molecule has 0 saturated carbocycles. The summed E-state index contributed by atoms with van der Waals surface area (Å²) in [5.41, 5.74) is 4.23. The predicted octanol–water partition coefficient (Wildman–Crippen LogP) is 3.53. The van der Waals surface area contributed by atoms with Crippen molar-refractivity contribution in [2.24, 2.45) is 0 Å². The van der Waals surface area contributed by atoms with Crippen LogP contribution in [0.15, 0.2) is 42.5 Å². The number of amides is 1. The molecule has 0 bridgehead atoms. The molecular formula is C21H19N3O2. The summed E-state index contributed by atoms with van der Waals surface area (Å²) in [5, 5.41) is 0. The lowest BCUT2D eigenvalue weighted by Crippen LogP contribution is -2.27. The number of carbonyl (C=O) groups excluding carboxylic acids is 2. The SMILES string of the molecule is O=C1CCn2c(-c3ccc(C(=O)N4CCCC4)cc3)nc3cccc1c32. The molecule has 1 aromatic heterocycles. The molecule has 0 spiro atoms. The van der Waals surface area contributed by atoms with Gasteiger partial charge in [-0.15, -0.1) is 0 Å². The van der Waals surface area contributed by atoms with Crippen LogP contribution in [0.25, 0.3) is 22.4 Å². The molecule has 5 heteroatoms. The minimum atomic E-state index is 0.108. The number of likely N-dealkylation sites (tertiary alicyclic amines) is 1. The van der Waals surface area contributed by atoms with Crippen LogP contribution in [0, 0.1) is 0 Å². The summed E-state index contributed by atoms with van der Waals surface area (Å²) in [7, 11) is 0. The van der Waals surface area contributed by atoms with Crippen molar-refractivity contribution in [3.05, 3.63) is 53.6 Å². The van der Waals surface area contributed by atoms with E-state index in [0.29, 0.717) is 13.0 Å². The zero-order valence-corrected chi connectivity index (χ0v) is 14.4. The number of carbonyl (C=O) groups is 2. The summed E-state index contributed by atoms with van der Waals surface area (Å²) in [6.45, 7) is 2.36. The van der Waals surface area contributed by atoms with Gasteiger partial charge in [-0.1, -0.05) is 18.2 Å². The largest absolute Gasteiger partial charge is 0.339 e. The van der Waals surface area contributed by atoms with Gasteiger partial charge in [-0.05, 0) is 37.1 Å². The summed E-state index contributed by atoms with van der Waals surface area (Å²) < 4.78 is 2.13. The maximum absolute atomic E-state index is 12.5. The summed E-state index contributed by atoms with van der Waals surface area (Å²) in [6, 6.07) is 13.4. The highest BCUT2D eigenvalue weighted by molar-refractivity contribution is 6.08. The van der Waals surface area contributed by atoms with E-state index >= 15 is 0 Å². The van der Waals surface area contributed by atoms with Crippen LogP contribution in [-0.2, 0) is 6.54 Å². The standard InChI is InChI=1S/C21H19N3O2/c25-18-10-13-24-19-16(18)4-3-5-17(19)22-20(24)14-6-8-15(9-7-14)21(26)23-11-1-2-12-23/h3-9H,1-2,10-13H2. The topological polar surface area (TPSA) is 55.2 Å². The second-order valence-electron chi connectivity index (χ2n) is 7.01. The molecule has 0 atom stereocenters. The van der Waals surface area contributed by atoms with Crippen LogP contribution in [0.2, 0.25) is 0 Å². The number of aryl methyl sites for hydroxylation is 1. The van der Waals surface area contributed by atoms with Gasteiger partial charge >= 0.3 is 0 Å². The van der Waals surface area contributed by atoms with Gasteiger partial charge in [0.15, 0.2) is 5.78 Å². The van der Waals surface area contributed by atoms with E-state index in [2.05, 4.69) is 4.57 Å². The molecule has 0 unspecified atom stereocenters. The summed E-state index contributed by atoms with van der Waals surface area (Å²) in [5.74, 6) is 1.15. The van der Waals surface area contributed by atoms with Crippen LogP contribution in [0.4, 0.5) is 0 Å². The monoisotopic (exact) mass is 345 g/mol. The summed E-state index contributed by atoms with van der Waals surface area (Å²) in [6.07, 6.45) is 2.69. The number of hydrogen-bond acceptors (Lipinski definition) is 3. The first-order valence-corrected chi connectivity index (χ1v) is 9.14. The molecule has 0 radical (unpaired) electrons. The molecule has 3 heterocycles. The first-order chi connectivity index (χ1) is 12.7. The molecule has 3 aromatic rings. The zero-order valence-electron chi connectivity index (χ0n) is 14.4. The van der Waals surface area contributed by atoms with Crippen LogP contribution in [0.5, 0.6) is 0 Å². The Kier molecular flexibility index (Phi) is 3.42. The number of aromatic nitrogens is 2. The lowest BCUT2D eigenvalue weighted by atomic mass is 10.0. The van der Waals surface area contributed by atoms with Gasteiger partial charge in [0, 0.05) is 42.7 Å². The van der Waals surface area contributed by atoms with Crippen molar-refractivity contribution in [1.82, 2.24) is 14.5 Å². The van der Waals surface area contributed by atoms with Crippen molar-refractivity contribution in [3.8, 4) is 11.4 Å². The maximum atomic E-state index is 12.5. The number of Topliss-reactive ketones (excluding diaryl/α,β-unsaturated/α-hetero) is 1. The second kappa shape index (κ2) is 5.80. The van der Waals surface area contributed by atoms with E-state index in [4.69, 9.17) is 4.98 Å². The maximum Gasteiger partial charge on any atom is 0.253 e. The molecule has 5 nitrogen and oxygen atoms in total. The van der Waals surface area contributed by atoms with Gasteiger partial charge in [0.25, 0.3) is 5.91 Å². The Bertz CT molecular complexity index is 1030. The zero-order chi connectivity index (χ0) is 17.7. The van der Waals surface area contributed by atoms with E-state index in [-0.39, 0.29) is 11.7 Å². The Morgan fingerprint density at radius 3 is 2.50 bits per heavy atom. The fourth-order valence-electron chi connectivity index (χ4n) is 4.06. The van der Waals surface area contributed by atoms with Gasteiger partial charge in [-0.25, -0.2) is 4.98 Å². The number of benzene rings is 2.